The first-order chi connectivity index (χ1) is 9.43. The Bertz CT molecular complexity index is 421. The second kappa shape index (κ2) is 7.50. The van der Waals surface area contributed by atoms with E-state index in [1.807, 2.05) is 6.92 Å². The molecule has 0 atom stereocenters. The molecule has 2 N–H and O–H groups in total. The molecule has 0 radical (unpaired) electrons. The SMILES string of the molecule is CCNCc1ccc(N(CC)CCO)c(C(F)(F)F)c1. The van der Waals surface area contributed by atoms with Gasteiger partial charge in [-0.05, 0) is 31.2 Å². The van der Waals surface area contributed by atoms with Gasteiger partial charge in [0.1, 0.15) is 0 Å². The molecule has 0 saturated carbocycles. The van der Waals surface area contributed by atoms with E-state index in [0.29, 0.717) is 25.2 Å². The summed E-state index contributed by atoms with van der Waals surface area (Å²) in [7, 11) is 0. The van der Waals surface area contributed by atoms with Gasteiger partial charge in [-0.1, -0.05) is 13.0 Å². The Morgan fingerprint density at radius 3 is 2.45 bits per heavy atom. The lowest BCUT2D eigenvalue weighted by molar-refractivity contribution is -0.137. The van der Waals surface area contributed by atoms with Gasteiger partial charge >= 0.3 is 6.18 Å². The van der Waals surface area contributed by atoms with Crippen molar-refractivity contribution in [1.82, 2.24) is 5.32 Å². The van der Waals surface area contributed by atoms with E-state index in [0.717, 1.165) is 0 Å². The van der Waals surface area contributed by atoms with Crippen molar-refractivity contribution in [3.8, 4) is 0 Å². The summed E-state index contributed by atoms with van der Waals surface area (Å²) in [5, 5.41) is 12.0. The molecule has 0 fully saturated rings. The van der Waals surface area contributed by atoms with Crippen LogP contribution in [0.2, 0.25) is 0 Å². The Balaban J connectivity index is 3.16. The van der Waals surface area contributed by atoms with Crippen molar-refractivity contribution in [3.63, 3.8) is 0 Å². The second-order valence-electron chi connectivity index (χ2n) is 4.43. The zero-order valence-corrected chi connectivity index (χ0v) is 11.8. The van der Waals surface area contributed by atoms with Crippen LogP contribution in [-0.2, 0) is 12.7 Å². The summed E-state index contributed by atoms with van der Waals surface area (Å²) in [6, 6.07) is 4.35. The number of likely N-dealkylation sites (N-methyl/N-ethyl adjacent to an activating group) is 1. The second-order valence-corrected chi connectivity index (χ2v) is 4.43. The first-order valence-corrected chi connectivity index (χ1v) is 6.70. The number of anilines is 1. The molecular weight excluding hydrogens is 269 g/mol. The van der Waals surface area contributed by atoms with Crippen molar-refractivity contribution in [3.05, 3.63) is 29.3 Å². The van der Waals surface area contributed by atoms with Crippen molar-refractivity contribution < 1.29 is 18.3 Å². The van der Waals surface area contributed by atoms with Crippen LogP contribution in [0, 0.1) is 0 Å². The molecule has 114 valence electrons. The highest BCUT2D eigenvalue weighted by molar-refractivity contribution is 5.56. The molecule has 0 spiro atoms. The van der Waals surface area contributed by atoms with Gasteiger partial charge < -0.3 is 15.3 Å². The zero-order valence-electron chi connectivity index (χ0n) is 11.8. The minimum atomic E-state index is -4.40. The maximum atomic E-state index is 13.2. The van der Waals surface area contributed by atoms with Crippen molar-refractivity contribution in [2.75, 3.05) is 31.1 Å². The molecule has 0 saturated heterocycles. The molecule has 0 aliphatic carbocycles. The fraction of sp³-hybridized carbons (Fsp3) is 0.571. The van der Waals surface area contributed by atoms with E-state index in [2.05, 4.69) is 5.32 Å². The van der Waals surface area contributed by atoms with Crippen LogP contribution < -0.4 is 10.2 Å². The van der Waals surface area contributed by atoms with E-state index < -0.39 is 11.7 Å². The van der Waals surface area contributed by atoms with Crippen molar-refractivity contribution in [2.45, 2.75) is 26.6 Å². The highest BCUT2D eigenvalue weighted by atomic mass is 19.4. The lowest BCUT2D eigenvalue weighted by atomic mass is 10.1. The number of nitrogens with zero attached hydrogens (tertiary/aromatic N) is 1. The number of alkyl halides is 3. The third-order valence-corrected chi connectivity index (χ3v) is 3.04. The Morgan fingerprint density at radius 1 is 1.25 bits per heavy atom. The molecular formula is C14H21F3N2O. The molecule has 6 heteroatoms. The van der Waals surface area contributed by atoms with Crippen molar-refractivity contribution in [2.24, 2.45) is 0 Å². The molecule has 1 aromatic carbocycles. The van der Waals surface area contributed by atoms with Gasteiger partial charge in [0.25, 0.3) is 0 Å². The standard InChI is InChI=1S/C14H21F3N2O/c1-3-18-10-11-5-6-13(19(4-2)7-8-20)12(9-11)14(15,16)17/h5-6,9,18,20H,3-4,7-8,10H2,1-2H3. The monoisotopic (exact) mass is 290 g/mol. The number of halogens is 3. The Hall–Kier alpha value is -1.27. The summed E-state index contributed by atoms with van der Waals surface area (Å²) in [6.07, 6.45) is -4.40. The van der Waals surface area contributed by atoms with E-state index in [1.54, 1.807) is 13.0 Å². The number of hydrogen-bond donors (Lipinski definition) is 2. The van der Waals surface area contributed by atoms with E-state index in [4.69, 9.17) is 5.11 Å². The summed E-state index contributed by atoms with van der Waals surface area (Å²) < 4.78 is 39.5. The highest BCUT2D eigenvalue weighted by Gasteiger charge is 2.34. The highest BCUT2D eigenvalue weighted by Crippen LogP contribution is 2.37. The van der Waals surface area contributed by atoms with Gasteiger partial charge in [-0.25, -0.2) is 0 Å². The smallest absolute Gasteiger partial charge is 0.395 e. The van der Waals surface area contributed by atoms with E-state index in [9.17, 15) is 13.2 Å². The molecule has 0 amide bonds. The predicted octanol–water partition coefficient (Wildman–Crippen LogP) is 2.63. The largest absolute Gasteiger partial charge is 0.418 e. The predicted molar refractivity (Wildman–Crippen MR) is 73.8 cm³/mol. The summed E-state index contributed by atoms with van der Waals surface area (Å²) in [5.74, 6) is 0. The lowest BCUT2D eigenvalue weighted by Gasteiger charge is -2.26. The van der Waals surface area contributed by atoms with Gasteiger partial charge in [0.05, 0.1) is 12.2 Å². The van der Waals surface area contributed by atoms with Crippen LogP contribution in [0.1, 0.15) is 25.0 Å². The van der Waals surface area contributed by atoms with Crippen LogP contribution in [0.25, 0.3) is 0 Å². The van der Waals surface area contributed by atoms with Gasteiger partial charge in [0, 0.05) is 25.3 Å². The summed E-state index contributed by atoms with van der Waals surface area (Å²) in [4.78, 5) is 1.53. The molecule has 3 nitrogen and oxygen atoms in total. The first-order valence-electron chi connectivity index (χ1n) is 6.70. The van der Waals surface area contributed by atoms with Gasteiger partial charge in [0.2, 0.25) is 0 Å². The minimum Gasteiger partial charge on any atom is -0.395 e. The average Bonchev–Trinajstić information content (AvgIpc) is 2.41. The molecule has 0 aliphatic rings. The molecule has 0 aromatic heterocycles. The number of rotatable bonds is 7. The molecule has 1 aromatic rings. The fourth-order valence-corrected chi connectivity index (χ4v) is 2.03. The number of hydrogen-bond acceptors (Lipinski definition) is 3. The van der Waals surface area contributed by atoms with Crippen LogP contribution in [0.4, 0.5) is 18.9 Å². The number of aliphatic hydroxyl groups excluding tert-OH is 1. The maximum absolute atomic E-state index is 13.2. The van der Waals surface area contributed by atoms with E-state index in [-0.39, 0.29) is 18.8 Å². The molecule has 0 bridgehead atoms. The van der Waals surface area contributed by atoms with Gasteiger partial charge in [-0.3, -0.25) is 0 Å². The molecule has 0 heterocycles. The molecule has 20 heavy (non-hydrogen) atoms. The number of nitrogens with one attached hydrogen (secondary N) is 1. The van der Waals surface area contributed by atoms with Crippen LogP contribution >= 0.6 is 0 Å². The minimum absolute atomic E-state index is 0.120. The zero-order chi connectivity index (χ0) is 15.2. The Morgan fingerprint density at radius 2 is 1.95 bits per heavy atom. The van der Waals surface area contributed by atoms with Gasteiger partial charge in [-0.2, -0.15) is 13.2 Å². The molecule has 0 unspecified atom stereocenters. The third-order valence-electron chi connectivity index (χ3n) is 3.04. The van der Waals surface area contributed by atoms with E-state index >= 15 is 0 Å². The van der Waals surface area contributed by atoms with Gasteiger partial charge in [0.15, 0.2) is 0 Å². The third kappa shape index (κ3) is 4.38. The van der Waals surface area contributed by atoms with E-state index in [1.165, 1.54) is 17.0 Å². The van der Waals surface area contributed by atoms with Crippen LogP contribution in [-0.4, -0.2) is 31.3 Å². The molecule has 0 aliphatic heterocycles. The summed E-state index contributed by atoms with van der Waals surface area (Å²) >= 11 is 0. The maximum Gasteiger partial charge on any atom is 0.418 e. The van der Waals surface area contributed by atoms with Crippen LogP contribution in [0.15, 0.2) is 18.2 Å². The summed E-state index contributed by atoms with van der Waals surface area (Å²) in [5.41, 5.74) is 0.0699. The normalized spacial score (nSPS) is 11.7. The molecule has 1 rings (SSSR count). The van der Waals surface area contributed by atoms with Crippen molar-refractivity contribution in [1.29, 1.82) is 0 Å². The fourth-order valence-electron chi connectivity index (χ4n) is 2.03. The van der Waals surface area contributed by atoms with Crippen LogP contribution in [0.3, 0.4) is 0 Å². The number of aliphatic hydroxyl groups is 1. The quantitative estimate of drug-likeness (QED) is 0.810. The first kappa shape index (κ1) is 16.8. The Kier molecular flexibility index (Phi) is 6.29. The topological polar surface area (TPSA) is 35.5 Å². The lowest BCUT2D eigenvalue weighted by Crippen LogP contribution is -2.28. The summed E-state index contributed by atoms with van der Waals surface area (Å²) in [6.45, 7) is 5.20. The Labute approximate surface area is 117 Å². The van der Waals surface area contributed by atoms with Gasteiger partial charge in [-0.15, -0.1) is 0 Å². The van der Waals surface area contributed by atoms with Crippen LogP contribution in [0.5, 0.6) is 0 Å². The number of benzene rings is 1. The van der Waals surface area contributed by atoms with Crippen molar-refractivity contribution >= 4 is 5.69 Å². The average molecular weight is 290 g/mol.